The summed E-state index contributed by atoms with van der Waals surface area (Å²) in [5, 5.41) is 8.75. The van der Waals surface area contributed by atoms with Gasteiger partial charge in [0, 0.05) is 25.0 Å². The first-order chi connectivity index (χ1) is 6.40. The second kappa shape index (κ2) is 5.78. The van der Waals surface area contributed by atoms with Crippen molar-refractivity contribution < 1.29 is 9.90 Å². The van der Waals surface area contributed by atoms with E-state index in [9.17, 15) is 4.79 Å². The highest BCUT2D eigenvalue weighted by Crippen LogP contribution is 2.06. The molecule has 0 saturated carbocycles. The van der Waals surface area contributed by atoms with Gasteiger partial charge in [-0.15, -0.1) is 6.58 Å². The summed E-state index contributed by atoms with van der Waals surface area (Å²) in [6, 6.07) is 0. The Morgan fingerprint density at radius 2 is 2.21 bits per heavy atom. The molecule has 0 saturated heterocycles. The van der Waals surface area contributed by atoms with E-state index in [1.165, 1.54) is 0 Å². The van der Waals surface area contributed by atoms with Crippen LogP contribution in [0.25, 0.3) is 0 Å². The van der Waals surface area contributed by atoms with E-state index in [4.69, 9.17) is 10.8 Å². The van der Waals surface area contributed by atoms with Crippen molar-refractivity contribution in [1.29, 1.82) is 0 Å². The molecule has 0 aliphatic heterocycles. The predicted octanol–water partition coefficient (Wildman–Crippen LogP) is 0.121. The maximum absolute atomic E-state index is 11.6. The van der Waals surface area contributed by atoms with Crippen LogP contribution in [0.15, 0.2) is 12.7 Å². The summed E-state index contributed by atoms with van der Waals surface area (Å²) in [6.07, 6.45) is 1.91. The molecule has 0 heterocycles. The first-order valence-electron chi connectivity index (χ1n) is 4.69. The van der Waals surface area contributed by atoms with Crippen molar-refractivity contribution in [2.75, 3.05) is 19.7 Å². The van der Waals surface area contributed by atoms with Gasteiger partial charge in [-0.1, -0.05) is 6.08 Å². The number of aliphatic hydroxyl groups is 1. The monoisotopic (exact) mass is 200 g/mol. The summed E-state index contributed by atoms with van der Waals surface area (Å²) < 4.78 is 0. The lowest BCUT2D eigenvalue weighted by Gasteiger charge is -2.25. The number of amides is 1. The van der Waals surface area contributed by atoms with Crippen LogP contribution < -0.4 is 5.73 Å². The molecule has 0 atom stereocenters. The number of nitrogens with two attached hydrogens (primary N) is 1. The Hall–Kier alpha value is -0.870. The fraction of sp³-hybridized carbons (Fsp3) is 0.700. The maximum Gasteiger partial charge on any atom is 0.224 e. The van der Waals surface area contributed by atoms with Gasteiger partial charge in [-0.2, -0.15) is 0 Å². The normalized spacial score (nSPS) is 11.1. The minimum Gasteiger partial charge on any atom is -0.395 e. The molecule has 0 unspecified atom stereocenters. The lowest BCUT2D eigenvalue weighted by atomic mass is 10.0. The van der Waals surface area contributed by atoms with E-state index in [1.54, 1.807) is 24.8 Å². The van der Waals surface area contributed by atoms with Crippen LogP contribution in [-0.2, 0) is 4.79 Å². The van der Waals surface area contributed by atoms with Crippen LogP contribution in [0.4, 0.5) is 0 Å². The highest BCUT2D eigenvalue weighted by atomic mass is 16.3. The number of aliphatic hydroxyl groups excluding tert-OH is 1. The minimum atomic E-state index is -0.508. The van der Waals surface area contributed by atoms with Crippen LogP contribution >= 0.6 is 0 Å². The Morgan fingerprint density at radius 1 is 1.64 bits per heavy atom. The topological polar surface area (TPSA) is 66.6 Å². The number of rotatable bonds is 6. The Balaban J connectivity index is 4.21. The van der Waals surface area contributed by atoms with Gasteiger partial charge < -0.3 is 15.7 Å². The van der Waals surface area contributed by atoms with Gasteiger partial charge in [0.15, 0.2) is 0 Å². The van der Waals surface area contributed by atoms with Crippen molar-refractivity contribution in [3.05, 3.63) is 12.7 Å². The smallest absolute Gasteiger partial charge is 0.224 e. The number of hydrogen-bond acceptors (Lipinski definition) is 3. The van der Waals surface area contributed by atoms with Crippen LogP contribution in [-0.4, -0.2) is 41.1 Å². The summed E-state index contributed by atoms with van der Waals surface area (Å²) >= 11 is 0. The number of carbonyl (C=O) groups is 1. The maximum atomic E-state index is 11.6. The minimum absolute atomic E-state index is 0.0371. The Kier molecular flexibility index (Phi) is 5.42. The fourth-order valence-corrected chi connectivity index (χ4v) is 1.10. The zero-order valence-electron chi connectivity index (χ0n) is 8.99. The average Bonchev–Trinajstić information content (AvgIpc) is 2.01. The molecular formula is C10H20N2O2. The van der Waals surface area contributed by atoms with Crippen molar-refractivity contribution in [1.82, 2.24) is 4.90 Å². The van der Waals surface area contributed by atoms with E-state index in [0.29, 0.717) is 13.1 Å². The molecule has 0 aromatic carbocycles. The Bertz CT molecular complexity index is 197. The molecule has 0 fully saturated rings. The Labute approximate surface area is 85.4 Å². The lowest BCUT2D eigenvalue weighted by molar-refractivity contribution is -0.132. The summed E-state index contributed by atoms with van der Waals surface area (Å²) in [5.41, 5.74) is 5.22. The van der Waals surface area contributed by atoms with Crippen LogP contribution in [0.1, 0.15) is 20.3 Å². The molecule has 0 rings (SSSR count). The quantitative estimate of drug-likeness (QED) is 0.598. The molecule has 4 heteroatoms. The van der Waals surface area contributed by atoms with Gasteiger partial charge in [0.1, 0.15) is 0 Å². The largest absolute Gasteiger partial charge is 0.395 e. The fourth-order valence-electron chi connectivity index (χ4n) is 1.10. The van der Waals surface area contributed by atoms with Gasteiger partial charge in [-0.25, -0.2) is 0 Å². The number of hydrogen-bond donors (Lipinski definition) is 2. The van der Waals surface area contributed by atoms with Crippen molar-refractivity contribution >= 4 is 5.91 Å². The third-order valence-electron chi connectivity index (χ3n) is 1.68. The molecule has 1 amide bonds. The van der Waals surface area contributed by atoms with E-state index >= 15 is 0 Å². The van der Waals surface area contributed by atoms with E-state index in [0.717, 1.165) is 0 Å². The van der Waals surface area contributed by atoms with E-state index in [-0.39, 0.29) is 18.9 Å². The summed E-state index contributed by atoms with van der Waals surface area (Å²) in [6.45, 7) is 7.91. The molecule has 0 bridgehead atoms. The first kappa shape index (κ1) is 13.1. The van der Waals surface area contributed by atoms with E-state index in [2.05, 4.69) is 6.58 Å². The summed E-state index contributed by atoms with van der Waals surface area (Å²) in [4.78, 5) is 13.2. The third kappa shape index (κ3) is 5.72. The molecule has 14 heavy (non-hydrogen) atoms. The summed E-state index contributed by atoms with van der Waals surface area (Å²) in [5.74, 6) is -0.0496. The third-order valence-corrected chi connectivity index (χ3v) is 1.68. The van der Waals surface area contributed by atoms with Crippen LogP contribution in [0.3, 0.4) is 0 Å². The van der Waals surface area contributed by atoms with Crippen molar-refractivity contribution in [2.45, 2.75) is 25.8 Å². The Morgan fingerprint density at radius 3 is 2.57 bits per heavy atom. The molecule has 0 aliphatic carbocycles. The first-order valence-corrected chi connectivity index (χ1v) is 4.69. The van der Waals surface area contributed by atoms with E-state index < -0.39 is 5.54 Å². The molecular weight excluding hydrogens is 180 g/mol. The van der Waals surface area contributed by atoms with Gasteiger partial charge in [-0.05, 0) is 13.8 Å². The molecule has 0 aliphatic rings. The van der Waals surface area contributed by atoms with Gasteiger partial charge in [0.05, 0.1) is 6.61 Å². The van der Waals surface area contributed by atoms with E-state index in [1.807, 2.05) is 0 Å². The van der Waals surface area contributed by atoms with Crippen LogP contribution in [0.5, 0.6) is 0 Å². The van der Waals surface area contributed by atoms with Crippen molar-refractivity contribution in [2.24, 2.45) is 5.73 Å². The second-order valence-electron chi connectivity index (χ2n) is 4.02. The molecule has 0 aromatic heterocycles. The van der Waals surface area contributed by atoms with Crippen molar-refractivity contribution in [3.8, 4) is 0 Å². The van der Waals surface area contributed by atoms with Crippen LogP contribution in [0.2, 0.25) is 0 Å². The second-order valence-corrected chi connectivity index (χ2v) is 4.02. The highest BCUT2D eigenvalue weighted by Gasteiger charge is 2.20. The van der Waals surface area contributed by atoms with Gasteiger partial charge in [0.2, 0.25) is 5.91 Å². The molecule has 0 spiro atoms. The van der Waals surface area contributed by atoms with Crippen LogP contribution in [0, 0.1) is 0 Å². The lowest BCUT2D eigenvalue weighted by Crippen LogP contribution is -2.42. The van der Waals surface area contributed by atoms with Crippen molar-refractivity contribution in [3.63, 3.8) is 0 Å². The molecule has 0 radical (unpaired) electrons. The highest BCUT2D eigenvalue weighted by molar-refractivity contribution is 5.77. The zero-order chi connectivity index (χ0) is 11.2. The zero-order valence-corrected chi connectivity index (χ0v) is 8.99. The summed E-state index contributed by atoms with van der Waals surface area (Å²) in [7, 11) is 0. The van der Waals surface area contributed by atoms with Gasteiger partial charge >= 0.3 is 0 Å². The van der Waals surface area contributed by atoms with Gasteiger partial charge in [-0.3, -0.25) is 4.79 Å². The number of carbonyl (C=O) groups excluding carboxylic acids is 1. The molecule has 0 aromatic rings. The SMILES string of the molecule is C=CCN(CCO)C(=O)CC(C)(C)N. The predicted molar refractivity (Wildman–Crippen MR) is 56.7 cm³/mol. The molecule has 3 N–H and O–H groups in total. The molecule has 4 nitrogen and oxygen atoms in total. The molecule has 82 valence electrons. The average molecular weight is 200 g/mol. The van der Waals surface area contributed by atoms with Gasteiger partial charge in [0.25, 0.3) is 0 Å². The standard InChI is InChI=1S/C10H20N2O2/c1-4-5-12(6-7-13)9(14)8-10(2,3)11/h4,13H,1,5-8,11H2,2-3H3. The number of nitrogens with zero attached hydrogens (tertiary/aromatic N) is 1.